The molecule has 0 spiro atoms. The first-order chi connectivity index (χ1) is 7.81. The number of hydrogen-bond acceptors (Lipinski definition) is 3. The largest absolute Gasteiger partial charge is 0.360 e. The molecular weight excluding hydrogens is 238 g/mol. The lowest BCUT2D eigenvalue weighted by Gasteiger charge is -2.06. The van der Waals surface area contributed by atoms with E-state index >= 15 is 0 Å². The summed E-state index contributed by atoms with van der Waals surface area (Å²) < 4.78 is 0. The normalized spacial score (nSPS) is 19.0. The first kappa shape index (κ1) is 10.5. The first-order valence-electron chi connectivity index (χ1n) is 5.87. The summed E-state index contributed by atoms with van der Waals surface area (Å²) >= 11 is 7.00. The van der Waals surface area contributed by atoms with Crippen molar-refractivity contribution in [2.75, 3.05) is 5.32 Å². The monoisotopic (exact) mass is 253 g/mol. The van der Waals surface area contributed by atoms with Crippen LogP contribution in [-0.4, -0.2) is 16.1 Å². The summed E-state index contributed by atoms with van der Waals surface area (Å²) in [6.45, 7) is 0. The van der Waals surface area contributed by atoms with Crippen molar-refractivity contribution < 1.29 is 0 Å². The highest BCUT2D eigenvalue weighted by atomic mass is 32.1. The van der Waals surface area contributed by atoms with Crippen molar-refractivity contribution in [2.24, 2.45) is 0 Å². The molecule has 0 saturated heterocycles. The average Bonchev–Trinajstić information content (AvgIpc) is 2.97. The molecule has 16 heavy (non-hydrogen) atoms. The van der Waals surface area contributed by atoms with E-state index in [1.54, 1.807) is 11.3 Å². The third kappa shape index (κ3) is 2.35. The number of nitrogens with zero attached hydrogens (tertiary/aromatic N) is 1. The minimum atomic E-state index is 0.606. The summed E-state index contributed by atoms with van der Waals surface area (Å²) in [5, 5.41) is 8.16. The molecule has 3 nitrogen and oxygen atoms in total. The average molecular weight is 253 g/mol. The van der Waals surface area contributed by atoms with Crippen LogP contribution in [-0.2, 0) is 12.8 Å². The van der Waals surface area contributed by atoms with Gasteiger partial charge in [-0.3, -0.25) is 0 Å². The van der Waals surface area contributed by atoms with Crippen molar-refractivity contribution in [3.05, 3.63) is 10.6 Å². The second-order valence-electron chi connectivity index (χ2n) is 4.47. The fourth-order valence-electron chi connectivity index (χ4n) is 1.95. The van der Waals surface area contributed by atoms with E-state index in [0.717, 1.165) is 16.7 Å². The lowest BCUT2D eigenvalue weighted by atomic mass is 10.0. The van der Waals surface area contributed by atoms with Crippen molar-refractivity contribution in [1.29, 1.82) is 0 Å². The van der Waals surface area contributed by atoms with Gasteiger partial charge in [-0.05, 0) is 50.7 Å². The molecule has 86 valence electrons. The third-order valence-electron chi connectivity index (χ3n) is 2.98. The number of thiocarbonyl (C=S) groups is 1. The van der Waals surface area contributed by atoms with Crippen molar-refractivity contribution in [1.82, 2.24) is 10.3 Å². The van der Waals surface area contributed by atoms with E-state index in [4.69, 9.17) is 12.2 Å². The lowest BCUT2D eigenvalue weighted by Crippen LogP contribution is -2.30. The number of aromatic nitrogens is 1. The highest BCUT2D eigenvalue weighted by molar-refractivity contribution is 7.80. The van der Waals surface area contributed by atoms with Crippen LogP contribution in [0.5, 0.6) is 0 Å². The fraction of sp³-hybridized carbons (Fsp3) is 0.636. The predicted molar refractivity (Wildman–Crippen MR) is 71.1 cm³/mol. The Hall–Kier alpha value is -0.680. The van der Waals surface area contributed by atoms with Gasteiger partial charge in [0.1, 0.15) is 0 Å². The van der Waals surface area contributed by atoms with Gasteiger partial charge in [-0.25, -0.2) is 4.98 Å². The summed E-state index contributed by atoms with van der Waals surface area (Å²) in [5.74, 6) is 0. The van der Waals surface area contributed by atoms with Crippen LogP contribution in [0.4, 0.5) is 5.13 Å². The Morgan fingerprint density at radius 2 is 2.12 bits per heavy atom. The van der Waals surface area contributed by atoms with Gasteiger partial charge in [-0.2, -0.15) is 0 Å². The smallest absolute Gasteiger partial charge is 0.189 e. The van der Waals surface area contributed by atoms with Gasteiger partial charge in [0.25, 0.3) is 0 Å². The molecule has 1 fully saturated rings. The second-order valence-corrected chi connectivity index (χ2v) is 5.96. The number of rotatable bonds is 2. The van der Waals surface area contributed by atoms with E-state index < -0.39 is 0 Å². The van der Waals surface area contributed by atoms with E-state index in [0.29, 0.717) is 6.04 Å². The summed E-state index contributed by atoms with van der Waals surface area (Å²) in [6.07, 6.45) is 7.40. The Labute approximate surface area is 105 Å². The molecular formula is C11H15N3S2. The Kier molecular flexibility index (Phi) is 2.81. The van der Waals surface area contributed by atoms with Crippen LogP contribution in [0.2, 0.25) is 0 Å². The number of anilines is 1. The summed E-state index contributed by atoms with van der Waals surface area (Å²) in [5.41, 5.74) is 1.29. The molecule has 0 unspecified atom stereocenters. The second kappa shape index (κ2) is 4.30. The van der Waals surface area contributed by atoms with Crippen LogP contribution in [0.3, 0.4) is 0 Å². The molecule has 1 saturated carbocycles. The van der Waals surface area contributed by atoms with Gasteiger partial charge in [0.2, 0.25) is 0 Å². The Morgan fingerprint density at radius 3 is 2.88 bits per heavy atom. The molecule has 5 heteroatoms. The van der Waals surface area contributed by atoms with E-state index in [2.05, 4.69) is 15.6 Å². The van der Waals surface area contributed by atoms with Crippen molar-refractivity contribution in [2.45, 2.75) is 44.6 Å². The highest BCUT2D eigenvalue weighted by Crippen LogP contribution is 2.29. The quantitative estimate of drug-likeness (QED) is 0.794. The minimum Gasteiger partial charge on any atom is -0.360 e. The van der Waals surface area contributed by atoms with Crippen LogP contribution in [0.25, 0.3) is 0 Å². The summed E-state index contributed by atoms with van der Waals surface area (Å²) in [7, 11) is 0. The van der Waals surface area contributed by atoms with Gasteiger partial charge in [-0.1, -0.05) is 0 Å². The maximum atomic E-state index is 5.24. The van der Waals surface area contributed by atoms with Crippen LogP contribution in [0.1, 0.15) is 36.3 Å². The molecule has 0 atom stereocenters. The molecule has 1 heterocycles. The van der Waals surface area contributed by atoms with Gasteiger partial charge in [0.05, 0.1) is 5.69 Å². The van der Waals surface area contributed by atoms with Crippen LogP contribution in [0, 0.1) is 0 Å². The van der Waals surface area contributed by atoms with E-state index in [1.165, 1.54) is 42.7 Å². The van der Waals surface area contributed by atoms with Gasteiger partial charge >= 0.3 is 0 Å². The minimum absolute atomic E-state index is 0.606. The summed E-state index contributed by atoms with van der Waals surface area (Å²) in [4.78, 5) is 6.05. The third-order valence-corrected chi connectivity index (χ3v) is 4.27. The van der Waals surface area contributed by atoms with E-state index in [-0.39, 0.29) is 0 Å². The molecule has 2 N–H and O–H groups in total. The number of hydrogen-bond donors (Lipinski definition) is 2. The maximum absolute atomic E-state index is 5.24. The van der Waals surface area contributed by atoms with E-state index in [9.17, 15) is 0 Å². The molecule has 0 radical (unpaired) electrons. The number of thiazole rings is 1. The van der Waals surface area contributed by atoms with Gasteiger partial charge in [0.15, 0.2) is 10.2 Å². The highest BCUT2D eigenvalue weighted by Gasteiger charge is 2.22. The van der Waals surface area contributed by atoms with Crippen LogP contribution >= 0.6 is 23.6 Å². The molecule has 0 aliphatic heterocycles. The maximum Gasteiger partial charge on any atom is 0.189 e. The standard InChI is InChI=1S/C11H15N3S2/c15-10(12-7-5-6-7)14-11-13-8-3-1-2-4-9(8)16-11/h7H,1-6H2,(H2,12,13,14,15). The van der Waals surface area contributed by atoms with Gasteiger partial charge < -0.3 is 10.6 Å². The van der Waals surface area contributed by atoms with Crippen molar-refractivity contribution >= 4 is 33.8 Å². The van der Waals surface area contributed by atoms with Crippen molar-refractivity contribution in [3.8, 4) is 0 Å². The topological polar surface area (TPSA) is 37.0 Å². The van der Waals surface area contributed by atoms with Crippen LogP contribution in [0.15, 0.2) is 0 Å². The Balaban J connectivity index is 1.64. The Morgan fingerprint density at radius 1 is 1.31 bits per heavy atom. The number of fused-ring (bicyclic) bond motifs is 1. The number of aryl methyl sites for hydroxylation is 2. The molecule has 3 rings (SSSR count). The first-order valence-corrected chi connectivity index (χ1v) is 7.10. The molecule has 2 aliphatic carbocycles. The van der Waals surface area contributed by atoms with Gasteiger partial charge in [-0.15, -0.1) is 11.3 Å². The molecule has 0 amide bonds. The Bertz CT molecular complexity index is 386. The predicted octanol–water partition coefficient (Wildman–Crippen LogP) is 2.47. The lowest BCUT2D eigenvalue weighted by molar-refractivity contribution is 0.683. The van der Waals surface area contributed by atoms with Crippen LogP contribution < -0.4 is 10.6 Å². The zero-order valence-electron chi connectivity index (χ0n) is 9.08. The van der Waals surface area contributed by atoms with E-state index in [1.807, 2.05) is 0 Å². The molecule has 0 bridgehead atoms. The number of nitrogens with one attached hydrogen (secondary N) is 2. The summed E-state index contributed by atoms with van der Waals surface area (Å²) in [6, 6.07) is 0.606. The zero-order chi connectivity index (χ0) is 11.0. The molecule has 0 aromatic carbocycles. The van der Waals surface area contributed by atoms with Crippen molar-refractivity contribution in [3.63, 3.8) is 0 Å². The molecule has 2 aliphatic rings. The molecule has 1 aromatic heterocycles. The SMILES string of the molecule is S=C(Nc1nc2c(s1)CCCC2)NC1CC1. The fourth-order valence-corrected chi connectivity index (χ4v) is 3.33. The zero-order valence-corrected chi connectivity index (χ0v) is 10.7. The van der Waals surface area contributed by atoms with Gasteiger partial charge in [0, 0.05) is 10.9 Å². The molecule has 1 aromatic rings.